The summed E-state index contributed by atoms with van der Waals surface area (Å²) >= 11 is 0. The third kappa shape index (κ3) is 3.90. The van der Waals surface area contributed by atoms with Gasteiger partial charge in [-0.05, 0) is 55.0 Å². The maximum Gasteiger partial charge on any atom is 0.123 e. The molecule has 2 rings (SSSR count). The molecule has 0 heterocycles. The molecular formula is C17H20FN. The minimum Gasteiger partial charge on any atom is -0.324 e. The Morgan fingerprint density at radius 3 is 2.53 bits per heavy atom. The van der Waals surface area contributed by atoms with Crippen molar-refractivity contribution < 1.29 is 4.39 Å². The lowest BCUT2D eigenvalue weighted by Gasteiger charge is -2.14. The molecule has 2 aromatic carbocycles. The van der Waals surface area contributed by atoms with Crippen molar-refractivity contribution in [3.05, 3.63) is 71.0 Å². The lowest BCUT2D eigenvalue weighted by atomic mass is 9.96. The number of hydrogen-bond donors (Lipinski definition) is 1. The van der Waals surface area contributed by atoms with Gasteiger partial charge in [0.25, 0.3) is 0 Å². The van der Waals surface area contributed by atoms with Crippen LogP contribution in [0.2, 0.25) is 0 Å². The van der Waals surface area contributed by atoms with E-state index in [4.69, 9.17) is 5.73 Å². The van der Waals surface area contributed by atoms with Crippen LogP contribution in [0, 0.1) is 12.7 Å². The van der Waals surface area contributed by atoms with Crippen molar-refractivity contribution in [2.45, 2.75) is 32.2 Å². The van der Waals surface area contributed by atoms with Gasteiger partial charge >= 0.3 is 0 Å². The highest BCUT2D eigenvalue weighted by Crippen LogP contribution is 2.21. The number of aryl methyl sites for hydroxylation is 2. The fourth-order valence-electron chi connectivity index (χ4n) is 2.38. The molecule has 0 spiro atoms. The van der Waals surface area contributed by atoms with Crippen LogP contribution in [0.1, 0.15) is 35.6 Å². The Morgan fingerprint density at radius 2 is 1.84 bits per heavy atom. The number of nitrogens with two attached hydrogens (primary N) is 1. The number of rotatable bonds is 5. The Labute approximate surface area is 114 Å². The molecule has 0 saturated carbocycles. The molecule has 0 aliphatic heterocycles. The van der Waals surface area contributed by atoms with Gasteiger partial charge in [-0.3, -0.25) is 0 Å². The molecule has 100 valence electrons. The summed E-state index contributed by atoms with van der Waals surface area (Å²) in [5.74, 6) is -0.197. The third-order valence-corrected chi connectivity index (χ3v) is 3.45. The van der Waals surface area contributed by atoms with Crippen molar-refractivity contribution in [2.75, 3.05) is 0 Å². The SMILES string of the molecule is Cc1cc(F)ccc1C(N)CCCc1ccccc1. The first-order chi connectivity index (χ1) is 9.16. The van der Waals surface area contributed by atoms with Gasteiger partial charge in [0.15, 0.2) is 0 Å². The Morgan fingerprint density at radius 1 is 1.11 bits per heavy atom. The van der Waals surface area contributed by atoms with Gasteiger partial charge in [-0.15, -0.1) is 0 Å². The van der Waals surface area contributed by atoms with E-state index in [1.165, 1.54) is 11.6 Å². The minimum absolute atomic E-state index is 0.00990. The molecule has 0 aliphatic carbocycles. The van der Waals surface area contributed by atoms with Crippen molar-refractivity contribution in [1.82, 2.24) is 0 Å². The summed E-state index contributed by atoms with van der Waals surface area (Å²) in [5, 5.41) is 0. The highest BCUT2D eigenvalue weighted by atomic mass is 19.1. The van der Waals surface area contributed by atoms with Crippen molar-refractivity contribution in [1.29, 1.82) is 0 Å². The van der Waals surface area contributed by atoms with Crippen LogP contribution < -0.4 is 5.73 Å². The van der Waals surface area contributed by atoms with E-state index in [1.54, 1.807) is 12.1 Å². The van der Waals surface area contributed by atoms with Crippen LogP contribution in [0.5, 0.6) is 0 Å². The lowest BCUT2D eigenvalue weighted by molar-refractivity contribution is 0.599. The van der Waals surface area contributed by atoms with E-state index in [2.05, 4.69) is 24.3 Å². The van der Waals surface area contributed by atoms with Crippen molar-refractivity contribution in [3.8, 4) is 0 Å². The Kier molecular flexibility index (Phi) is 4.69. The zero-order valence-corrected chi connectivity index (χ0v) is 11.3. The van der Waals surface area contributed by atoms with Crippen LogP contribution in [-0.2, 0) is 6.42 Å². The molecule has 1 nitrogen and oxygen atoms in total. The van der Waals surface area contributed by atoms with Gasteiger partial charge in [0.05, 0.1) is 0 Å². The molecule has 0 bridgehead atoms. The molecule has 0 amide bonds. The monoisotopic (exact) mass is 257 g/mol. The van der Waals surface area contributed by atoms with Crippen LogP contribution >= 0.6 is 0 Å². The van der Waals surface area contributed by atoms with Crippen molar-refractivity contribution in [3.63, 3.8) is 0 Å². The third-order valence-electron chi connectivity index (χ3n) is 3.45. The summed E-state index contributed by atoms with van der Waals surface area (Å²) in [6.07, 6.45) is 3.00. The topological polar surface area (TPSA) is 26.0 Å². The Hall–Kier alpha value is -1.67. The number of benzene rings is 2. The zero-order chi connectivity index (χ0) is 13.7. The first-order valence-corrected chi connectivity index (χ1v) is 6.72. The molecule has 1 unspecified atom stereocenters. The van der Waals surface area contributed by atoms with E-state index in [1.807, 2.05) is 13.0 Å². The normalized spacial score (nSPS) is 12.4. The van der Waals surface area contributed by atoms with Crippen LogP contribution in [0.15, 0.2) is 48.5 Å². The zero-order valence-electron chi connectivity index (χ0n) is 11.3. The second kappa shape index (κ2) is 6.48. The largest absolute Gasteiger partial charge is 0.324 e. The van der Waals surface area contributed by atoms with Crippen LogP contribution in [0.3, 0.4) is 0 Å². The standard InChI is InChI=1S/C17H20FN/c1-13-12-15(18)10-11-16(13)17(19)9-5-8-14-6-3-2-4-7-14/h2-4,6-7,10-12,17H,5,8-9,19H2,1H3. The summed E-state index contributed by atoms with van der Waals surface area (Å²) in [7, 11) is 0. The molecule has 0 saturated heterocycles. The maximum atomic E-state index is 13.0. The predicted octanol–water partition coefficient (Wildman–Crippen LogP) is 4.16. The van der Waals surface area contributed by atoms with Gasteiger partial charge in [-0.2, -0.15) is 0 Å². The average Bonchev–Trinajstić information content (AvgIpc) is 2.39. The molecule has 0 radical (unpaired) electrons. The molecular weight excluding hydrogens is 237 g/mol. The quantitative estimate of drug-likeness (QED) is 0.855. The van der Waals surface area contributed by atoms with E-state index in [0.29, 0.717) is 0 Å². The summed E-state index contributed by atoms with van der Waals surface area (Å²) in [5.41, 5.74) is 9.51. The van der Waals surface area contributed by atoms with E-state index < -0.39 is 0 Å². The molecule has 2 heteroatoms. The molecule has 2 aromatic rings. The van der Waals surface area contributed by atoms with Crippen LogP contribution in [0.4, 0.5) is 4.39 Å². The van der Waals surface area contributed by atoms with Crippen molar-refractivity contribution >= 4 is 0 Å². The molecule has 0 aliphatic rings. The predicted molar refractivity (Wildman–Crippen MR) is 77.4 cm³/mol. The van der Waals surface area contributed by atoms with E-state index >= 15 is 0 Å². The highest BCUT2D eigenvalue weighted by Gasteiger charge is 2.09. The van der Waals surface area contributed by atoms with E-state index in [9.17, 15) is 4.39 Å². The molecule has 0 fully saturated rings. The second-order valence-corrected chi connectivity index (χ2v) is 4.99. The number of halogens is 1. The van der Waals surface area contributed by atoms with Crippen LogP contribution in [-0.4, -0.2) is 0 Å². The molecule has 19 heavy (non-hydrogen) atoms. The minimum atomic E-state index is -0.197. The van der Waals surface area contributed by atoms with Gasteiger partial charge < -0.3 is 5.73 Å². The van der Waals surface area contributed by atoms with Crippen LogP contribution in [0.25, 0.3) is 0 Å². The lowest BCUT2D eigenvalue weighted by Crippen LogP contribution is -2.12. The summed E-state index contributed by atoms with van der Waals surface area (Å²) in [6.45, 7) is 1.91. The smallest absolute Gasteiger partial charge is 0.123 e. The fraction of sp³-hybridized carbons (Fsp3) is 0.294. The van der Waals surface area contributed by atoms with Gasteiger partial charge in [0, 0.05) is 6.04 Å². The van der Waals surface area contributed by atoms with Gasteiger partial charge in [-0.25, -0.2) is 4.39 Å². The molecule has 2 N–H and O–H groups in total. The van der Waals surface area contributed by atoms with E-state index in [0.717, 1.165) is 30.4 Å². The second-order valence-electron chi connectivity index (χ2n) is 4.99. The maximum absolute atomic E-state index is 13.0. The summed E-state index contributed by atoms with van der Waals surface area (Å²) in [6, 6.07) is 15.2. The van der Waals surface area contributed by atoms with Gasteiger partial charge in [-0.1, -0.05) is 36.4 Å². The van der Waals surface area contributed by atoms with Gasteiger partial charge in [0.2, 0.25) is 0 Å². The van der Waals surface area contributed by atoms with E-state index in [-0.39, 0.29) is 11.9 Å². The molecule has 0 aromatic heterocycles. The first kappa shape index (κ1) is 13.8. The van der Waals surface area contributed by atoms with Crippen molar-refractivity contribution in [2.24, 2.45) is 5.73 Å². The fourth-order valence-corrected chi connectivity index (χ4v) is 2.38. The first-order valence-electron chi connectivity index (χ1n) is 6.72. The summed E-state index contributed by atoms with van der Waals surface area (Å²) in [4.78, 5) is 0. The Bertz CT molecular complexity index is 522. The number of hydrogen-bond acceptors (Lipinski definition) is 1. The highest BCUT2D eigenvalue weighted by molar-refractivity contribution is 5.29. The average molecular weight is 257 g/mol. The summed E-state index contributed by atoms with van der Waals surface area (Å²) < 4.78 is 13.0. The molecule has 1 atom stereocenters. The van der Waals surface area contributed by atoms with Gasteiger partial charge in [0.1, 0.15) is 5.82 Å². The Balaban J connectivity index is 1.89.